The van der Waals surface area contributed by atoms with Crippen LogP contribution in [0.25, 0.3) is 0 Å². The Bertz CT molecular complexity index is 362. The topological polar surface area (TPSA) is 47.0 Å². The molecule has 0 fully saturated rings. The first-order valence-electron chi connectivity index (χ1n) is 4.93. The van der Waals surface area contributed by atoms with Gasteiger partial charge in [-0.25, -0.2) is 0 Å². The number of hydrogen-bond donors (Lipinski definition) is 1. The molecule has 0 spiro atoms. The number of aromatic nitrogens is 2. The summed E-state index contributed by atoms with van der Waals surface area (Å²) in [6, 6.07) is 2.13. The molecule has 0 saturated heterocycles. The lowest BCUT2D eigenvalue weighted by Gasteiger charge is -2.25. The Balaban J connectivity index is 2.75. The van der Waals surface area contributed by atoms with Gasteiger partial charge in [0.15, 0.2) is 5.69 Å². The molecule has 0 bridgehead atoms. The maximum Gasteiger partial charge on any atom is 0.435 e. The zero-order chi connectivity index (χ0) is 13.1. The quantitative estimate of drug-likeness (QED) is 0.889. The molecule has 17 heavy (non-hydrogen) atoms. The van der Waals surface area contributed by atoms with Crippen molar-refractivity contribution >= 4 is 5.82 Å². The Hall–Kier alpha value is -1.37. The number of alkyl halides is 3. The van der Waals surface area contributed by atoms with Crippen molar-refractivity contribution in [3.8, 4) is 0 Å². The summed E-state index contributed by atoms with van der Waals surface area (Å²) in [5.74, 6) is 0.278. The van der Waals surface area contributed by atoms with E-state index in [0.717, 1.165) is 6.07 Å². The van der Waals surface area contributed by atoms with Crippen molar-refractivity contribution in [3.05, 3.63) is 17.8 Å². The van der Waals surface area contributed by atoms with E-state index in [1.165, 1.54) is 6.07 Å². The number of methoxy groups -OCH3 is 1. The van der Waals surface area contributed by atoms with Crippen LogP contribution in [-0.4, -0.2) is 29.5 Å². The van der Waals surface area contributed by atoms with E-state index in [2.05, 4.69) is 15.5 Å². The van der Waals surface area contributed by atoms with Gasteiger partial charge in [-0.2, -0.15) is 13.2 Å². The van der Waals surface area contributed by atoms with Crippen molar-refractivity contribution in [1.82, 2.24) is 10.2 Å². The van der Waals surface area contributed by atoms with E-state index in [1.54, 1.807) is 7.11 Å². The molecule has 0 aliphatic rings. The number of nitrogens with one attached hydrogen (secondary N) is 1. The van der Waals surface area contributed by atoms with Gasteiger partial charge in [-0.1, -0.05) is 0 Å². The number of halogens is 3. The summed E-state index contributed by atoms with van der Waals surface area (Å²) in [4.78, 5) is 0. The first kappa shape index (κ1) is 13.7. The van der Waals surface area contributed by atoms with Gasteiger partial charge in [0.05, 0.1) is 12.1 Å². The maximum absolute atomic E-state index is 12.2. The van der Waals surface area contributed by atoms with Crippen LogP contribution in [0.5, 0.6) is 0 Å². The summed E-state index contributed by atoms with van der Waals surface area (Å²) in [5.41, 5.74) is -1.43. The minimum Gasteiger partial charge on any atom is -0.382 e. The van der Waals surface area contributed by atoms with E-state index >= 15 is 0 Å². The molecule has 0 aliphatic carbocycles. The lowest BCUT2D eigenvalue weighted by molar-refractivity contribution is -0.141. The lowest BCUT2D eigenvalue weighted by Crippen LogP contribution is -2.36. The molecule has 0 amide bonds. The van der Waals surface area contributed by atoms with Crippen LogP contribution >= 0.6 is 0 Å². The molecular formula is C10H14F3N3O. The third-order valence-electron chi connectivity index (χ3n) is 1.93. The molecule has 1 heterocycles. The van der Waals surface area contributed by atoms with Crippen LogP contribution in [0.2, 0.25) is 0 Å². The van der Waals surface area contributed by atoms with Gasteiger partial charge in [0.1, 0.15) is 5.82 Å². The van der Waals surface area contributed by atoms with Crippen LogP contribution in [0.15, 0.2) is 12.1 Å². The summed E-state index contributed by atoms with van der Waals surface area (Å²) in [7, 11) is 1.54. The van der Waals surface area contributed by atoms with Gasteiger partial charge >= 0.3 is 6.18 Å². The Morgan fingerprint density at radius 1 is 1.24 bits per heavy atom. The molecule has 0 unspecified atom stereocenters. The zero-order valence-corrected chi connectivity index (χ0v) is 9.80. The minimum atomic E-state index is -4.46. The number of rotatable bonds is 4. The molecular weight excluding hydrogens is 235 g/mol. The number of anilines is 1. The highest BCUT2D eigenvalue weighted by atomic mass is 19.4. The Morgan fingerprint density at radius 3 is 2.29 bits per heavy atom. The molecule has 0 atom stereocenters. The summed E-state index contributed by atoms with van der Waals surface area (Å²) >= 11 is 0. The highest BCUT2D eigenvalue weighted by molar-refractivity contribution is 5.36. The molecule has 1 aromatic heterocycles. The van der Waals surface area contributed by atoms with E-state index in [1.807, 2.05) is 13.8 Å². The van der Waals surface area contributed by atoms with E-state index in [0.29, 0.717) is 6.61 Å². The van der Waals surface area contributed by atoms with Gasteiger partial charge in [-0.05, 0) is 26.0 Å². The number of hydrogen-bond acceptors (Lipinski definition) is 4. The van der Waals surface area contributed by atoms with Gasteiger partial charge in [0.2, 0.25) is 0 Å². The first-order chi connectivity index (χ1) is 7.74. The molecule has 7 heteroatoms. The van der Waals surface area contributed by atoms with Crippen LogP contribution in [0.1, 0.15) is 19.5 Å². The lowest BCUT2D eigenvalue weighted by atomic mass is 10.1. The Kier molecular flexibility index (Phi) is 3.92. The largest absolute Gasteiger partial charge is 0.435 e. The van der Waals surface area contributed by atoms with E-state index in [4.69, 9.17) is 4.74 Å². The van der Waals surface area contributed by atoms with Gasteiger partial charge < -0.3 is 10.1 Å². The molecule has 0 aliphatic heterocycles. The molecule has 1 rings (SSSR count). The van der Waals surface area contributed by atoms with Crippen molar-refractivity contribution in [1.29, 1.82) is 0 Å². The SMILES string of the molecule is COCC(C)(C)Nc1ccc(C(F)(F)F)nn1. The van der Waals surface area contributed by atoms with Crippen molar-refractivity contribution < 1.29 is 17.9 Å². The maximum atomic E-state index is 12.2. The summed E-state index contributed by atoms with van der Waals surface area (Å²) in [5, 5.41) is 9.52. The fraction of sp³-hybridized carbons (Fsp3) is 0.600. The average Bonchev–Trinajstić information content (AvgIpc) is 2.16. The predicted octanol–water partition coefficient (Wildman–Crippen LogP) is 2.33. The monoisotopic (exact) mass is 249 g/mol. The smallest absolute Gasteiger partial charge is 0.382 e. The molecule has 0 aromatic carbocycles. The summed E-state index contributed by atoms with van der Waals surface area (Å²) in [6.45, 7) is 4.08. The van der Waals surface area contributed by atoms with Gasteiger partial charge in [0, 0.05) is 7.11 Å². The van der Waals surface area contributed by atoms with Crippen LogP contribution in [-0.2, 0) is 10.9 Å². The second-order valence-corrected chi connectivity index (χ2v) is 4.24. The van der Waals surface area contributed by atoms with Crippen molar-refractivity contribution in [2.45, 2.75) is 25.6 Å². The molecule has 4 nitrogen and oxygen atoms in total. The van der Waals surface area contributed by atoms with Crippen molar-refractivity contribution in [3.63, 3.8) is 0 Å². The standard InChI is InChI=1S/C10H14F3N3O/c1-9(2,6-17-3)14-8-5-4-7(15-16-8)10(11,12)13/h4-5H,6H2,1-3H3,(H,14,16). The molecule has 1 aromatic rings. The van der Waals surface area contributed by atoms with Crippen molar-refractivity contribution in [2.24, 2.45) is 0 Å². The fourth-order valence-electron chi connectivity index (χ4n) is 1.29. The van der Waals surface area contributed by atoms with Crippen LogP contribution in [0.3, 0.4) is 0 Å². The van der Waals surface area contributed by atoms with E-state index in [-0.39, 0.29) is 5.82 Å². The third-order valence-corrected chi connectivity index (χ3v) is 1.93. The average molecular weight is 249 g/mol. The highest BCUT2D eigenvalue weighted by Crippen LogP contribution is 2.27. The first-order valence-corrected chi connectivity index (χ1v) is 4.93. The Labute approximate surface area is 97.2 Å². The predicted molar refractivity (Wildman–Crippen MR) is 56.6 cm³/mol. The molecule has 1 N–H and O–H groups in total. The second kappa shape index (κ2) is 4.87. The van der Waals surface area contributed by atoms with Crippen LogP contribution < -0.4 is 5.32 Å². The number of nitrogens with zero attached hydrogens (tertiary/aromatic N) is 2. The summed E-state index contributed by atoms with van der Waals surface area (Å²) < 4.78 is 41.7. The minimum absolute atomic E-state index is 0.278. The van der Waals surface area contributed by atoms with Crippen LogP contribution in [0, 0.1) is 0 Å². The normalized spacial score (nSPS) is 12.6. The van der Waals surface area contributed by atoms with Gasteiger partial charge in [-0.3, -0.25) is 0 Å². The summed E-state index contributed by atoms with van der Waals surface area (Å²) in [6.07, 6.45) is -4.46. The molecule has 96 valence electrons. The van der Waals surface area contributed by atoms with Gasteiger partial charge in [0.25, 0.3) is 0 Å². The molecule has 0 saturated carbocycles. The molecule has 0 radical (unpaired) electrons. The van der Waals surface area contributed by atoms with Crippen LogP contribution in [0.4, 0.5) is 19.0 Å². The van der Waals surface area contributed by atoms with E-state index < -0.39 is 17.4 Å². The number of ether oxygens (including phenoxy) is 1. The Morgan fingerprint density at radius 2 is 1.88 bits per heavy atom. The fourth-order valence-corrected chi connectivity index (χ4v) is 1.29. The zero-order valence-electron chi connectivity index (χ0n) is 9.80. The highest BCUT2D eigenvalue weighted by Gasteiger charge is 2.33. The second-order valence-electron chi connectivity index (χ2n) is 4.24. The third kappa shape index (κ3) is 4.18. The van der Waals surface area contributed by atoms with E-state index in [9.17, 15) is 13.2 Å². The van der Waals surface area contributed by atoms with Gasteiger partial charge in [-0.15, -0.1) is 10.2 Å². The van der Waals surface area contributed by atoms with Crippen molar-refractivity contribution in [2.75, 3.05) is 19.0 Å².